The highest BCUT2D eigenvalue weighted by Crippen LogP contribution is 2.14. The third kappa shape index (κ3) is 4.29. The van der Waals surface area contributed by atoms with Crippen LogP contribution in [0.15, 0.2) is 42.6 Å². The molecule has 0 atom stereocenters. The number of carbonyl (C=O) groups excluding carboxylic acids is 1. The van der Waals surface area contributed by atoms with E-state index in [9.17, 15) is 4.79 Å². The summed E-state index contributed by atoms with van der Waals surface area (Å²) in [4.78, 5) is 15.5. The molecule has 3 N–H and O–H groups in total. The van der Waals surface area contributed by atoms with Crippen LogP contribution >= 0.6 is 0 Å². The number of hydrogen-bond donors (Lipinski definition) is 2. The molecule has 0 radical (unpaired) electrons. The standard InChI is InChI=1S/C16H19N3O2/c1-2-3-12-4-8-15(9-5-12)21-11-14-7-6-13(10-18-14)16(20)19-17/h4-10H,2-3,11,17H2,1H3,(H,19,20). The van der Waals surface area contributed by atoms with Crippen molar-refractivity contribution in [3.8, 4) is 5.75 Å². The maximum Gasteiger partial charge on any atom is 0.266 e. The molecule has 2 rings (SSSR count). The molecule has 0 aliphatic heterocycles. The highest BCUT2D eigenvalue weighted by molar-refractivity contribution is 5.93. The lowest BCUT2D eigenvalue weighted by Crippen LogP contribution is -2.30. The van der Waals surface area contributed by atoms with E-state index >= 15 is 0 Å². The van der Waals surface area contributed by atoms with Gasteiger partial charge in [-0.25, -0.2) is 5.84 Å². The Balaban J connectivity index is 1.91. The molecule has 0 unspecified atom stereocenters. The lowest BCUT2D eigenvalue weighted by molar-refractivity contribution is 0.0953. The minimum atomic E-state index is -0.360. The zero-order chi connectivity index (χ0) is 15.1. The van der Waals surface area contributed by atoms with E-state index in [1.165, 1.54) is 11.8 Å². The van der Waals surface area contributed by atoms with Gasteiger partial charge >= 0.3 is 0 Å². The zero-order valence-electron chi connectivity index (χ0n) is 12.0. The first-order valence-corrected chi connectivity index (χ1v) is 6.90. The fraction of sp³-hybridized carbons (Fsp3) is 0.250. The first kappa shape index (κ1) is 15.0. The summed E-state index contributed by atoms with van der Waals surface area (Å²) >= 11 is 0. The molecule has 1 aromatic heterocycles. The van der Waals surface area contributed by atoms with Gasteiger partial charge in [0.25, 0.3) is 5.91 Å². The van der Waals surface area contributed by atoms with E-state index in [0.717, 1.165) is 24.3 Å². The van der Waals surface area contributed by atoms with Crippen LogP contribution in [0, 0.1) is 0 Å². The molecule has 5 nitrogen and oxygen atoms in total. The van der Waals surface area contributed by atoms with Gasteiger partial charge in [-0.3, -0.25) is 15.2 Å². The van der Waals surface area contributed by atoms with Crippen LogP contribution in [-0.2, 0) is 13.0 Å². The number of pyridine rings is 1. The molecule has 0 spiro atoms. The van der Waals surface area contributed by atoms with Crippen LogP contribution in [0.1, 0.15) is 35.0 Å². The van der Waals surface area contributed by atoms with E-state index in [-0.39, 0.29) is 5.91 Å². The van der Waals surface area contributed by atoms with E-state index < -0.39 is 0 Å². The number of aromatic nitrogens is 1. The van der Waals surface area contributed by atoms with Gasteiger partial charge in [0.2, 0.25) is 0 Å². The average Bonchev–Trinajstić information content (AvgIpc) is 2.54. The Kier molecular flexibility index (Phi) is 5.29. The van der Waals surface area contributed by atoms with Gasteiger partial charge in [-0.1, -0.05) is 25.5 Å². The number of rotatable bonds is 6. The van der Waals surface area contributed by atoms with E-state index in [2.05, 4.69) is 29.5 Å². The molecule has 5 heteroatoms. The Morgan fingerprint density at radius 2 is 2.00 bits per heavy atom. The summed E-state index contributed by atoms with van der Waals surface area (Å²) in [6.45, 7) is 2.52. The fourth-order valence-corrected chi connectivity index (χ4v) is 1.93. The number of hydrogen-bond acceptors (Lipinski definition) is 4. The van der Waals surface area contributed by atoms with Crippen LogP contribution < -0.4 is 16.0 Å². The first-order chi connectivity index (χ1) is 10.2. The van der Waals surface area contributed by atoms with E-state index in [1.54, 1.807) is 12.1 Å². The molecule has 1 aromatic carbocycles. The van der Waals surface area contributed by atoms with Gasteiger partial charge in [0.15, 0.2) is 0 Å². The number of nitrogen functional groups attached to an aromatic ring is 1. The highest BCUT2D eigenvalue weighted by Gasteiger charge is 2.04. The fourth-order valence-electron chi connectivity index (χ4n) is 1.93. The molecule has 1 heterocycles. The number of ether oxygens (including phenoxy) is 1. The molecule has 0 saturated carbocycles. The highest BCUT2D eigenvalue weighted by atomic mass is 16.5. The summed E-state index contributed by atoms with van der Waals surface area (Å²) in [5.41, 5.74) is 4.54. The van der Waals surface area contributed by atoms with Gasteiger partial charge < -0.3 is 4.74 Å². The van der Waals surface area contributed by atoms with Gasteiger partial charge in [-0.2, -0.15) is 0 Å². The van der Waals surface area contributed by atoms with Crippen molar-refractivity contribution in [1.29, 1.82) is 0 Å². The predicted molar refractivity (Wildman–Crippen MR) is 80.7 cm³/mol. The molecular weight excluding hydrogens is 266 g/mol. The molecule has 0 fully saturated rings. The van der Waals surface area contributed by atoms with Gasteiger partial charge in [0.05, 0.1) is 11.3 Å². The number of nitrogens with two attached hydrogens (primary N) is 1. The van der Waals surface area contributed by atoms with Crippen molar-refractivity contribution in [2.75, 3.05) is 0 Å². The van der Waals surface area contributed by atoms with Gasteiger partial charge in [0, 0.05) is 6.20 Å². The SMILES string of the molecule is CCCc1ccc(OCc2ccc(C(=O)NN)cn2)cc1. The Morgan fingerprint density at radius 3 is 2.57 bits per heavy atom. The topological polar surface area (TPSA) is 77.2 Å². The maximum absolute atomic E-state index is 11.3. The lowest BCUT2D eigenvalue weighted by atomic mass is 10.1. The van der Waals surface area contributed by atoms with E-state index in [0.29, 0.717) is 12.2 Å². The molecule has 0 saturated heterocycles. The molecule has 2 aromatic rings. The average molecular weight is 285 g/mol. The largest absolute Gasteiger partial charge is 0.487 e. The van der Waals surface area contributed by atoms with Gasteiger partial charge in [0.1, 0.15) is 12.4 Å². The van der Waals surface area contributed by atoms with Gasteiger partial charge in [-0.05, 0) is 36.2 Å². The number of aryl methyl sites for hydroxylation is 1. The van der Waals surface area contributed by atoms with Crippen LogP contribution in [0.3, 0.4) is 0 Å². The summed E-state index contributed by atoms with van der Waals surface area (Å²) in [7, 11) is 0. The molecule has 0 aliphatic rings. The third-order valence-corrected chi connectivity index (χ3v) is 3.07. The summed E-state index contributed by atoms with van der Waals surface area (Å²) in [5.74, 6) is 5.50. The Bertz CT molecular complexity index is 579. The number of amides is 1. The van der Waals surface area contributed by atoms with E-state index in [4.69, 9.17) is 10.6 Å². The van der Waals surface area contributed by atoms with Crippen molar-refractivity contribution < 1.29 is 9.53 Å². The summed E-state index contributed by atoms with van der Waals surface area (Å²) in [6.07, 6.45) is 3.69. The Labute approximate surface area is 124 Å². The smallest absolute Gasteiger partial charge is 0.266 e. The minimum Gasteiger partial charge on any atom is -0.487 e. The van der Waals surface area contributed by atoms with Crippen molar-refractivity contribution in [2.45, 2.75) is 26.4 Å². The summed E-state index contributed by atoms with van der Waals surface area (Å²) in [6, 6.07) is 11.5. The van der Waals surface area contributed by atoms with Crippen molar-refractivity contribution in [3.63, 3.8) is 0 Å². The number of carbonyl (C=O) groups is 1. The normalized spacial score (nSPS) is 10.2. The van der Waals surface area contributed by atoms with Crippen molar-refractivity contribution in [1.82, 2.24) is 10.4 Å². The molecule has 110 valence electrons. The number of hydrazine groups is 1. The van der Waals surface area contributed by atoms with Crippen molar-refractivity contribution in [3.05, 3.63) is 59.4 Å². The molecule has 21 heavy (non-hydrogen) atoms. The maximum atomic E-state index is 11.3. The van der Waals surface area contributed by atoms with Crippen LogP contribution in [-0.4, -0.2) is 10.9 Å². The molecule has 0 bridgehead atoms. The lowest BCUT2D eigenvalue weighted by Gasteiger charge is -2.07. The first-order valence-electron chi connectivity index (χ1n) is 6.90. The Hall–Kier alpha value is -2.40. The summed E-state index contributed by atoms with van der Waals surface area (Å²) in [5, 5.41) is 0. The van der Waals surface area contributed by atoms with E-state index in [1.807, 2.05) is 12.1 Å². The van der Waals surface area contributed by atoms with Crippen molar-refractivity contribution >= 4 is 5.91 Å². The monoisotopic (exact) mass is 285 g/mol. The summed E-state index contributed by atoms with van der Waals surface area (Å²) < 4.78 is 5.66. The van der Waals surface area contributed by atoms with Crippen LogP contribution in [0.2, 0.25) is 0 Å². The quantitative estimate of drug-likeness (QED) is 0.484. The number of nitrogens with one attached hydrogen (secondary N) is 1. The second-order valence-corrected chi connectivity index (χ2v) is 4.69. The van der Waals surface area contributed by atoms with Crippen molar-refractivity contribution in [2.24, 2.45) is 5.84 Å². The zero-order valence-corrected chi connectivity index (χ0v) is 12.0. The predicted octanol–water partition coefficient (Wildman–Crippen LogP) is 2.22. The second kappa shape index (κ2) is 7.40. The molecule has 1 amide bonds. The molecular formula is C16H19N3O2. The number of benzene rings is 1. The van der Waals surface area contributed by atoms with Crippen LogP contribution in [0.5, 0.6) is 5.75 Å². The Morgan fingerprint density at radius 1 is 1.24 bits per heavy atom. The minimum absolute atomic E-state index is 0.359. The molecule has 0 aliphatic carbocycles. The second-order valence-electron chi connectivity index (χ2n) is 4.69. The third-order valence-electron chi connectivity index (χ3n) is 3.07. The van der Waals surface area contributed by atoms with Crippen LogP contribution in [0.25, 0.3) is 0 Å². The number of nitrogens with zero attached hydrogens (tertiary/aromatic N) is 1. The van der Waals surface area contributed by atoms with Crippen LogP contribution in [0.4, 0.5) is 0 Å². The van der Waals surface area contributed by atoms with Gasteiger partial charge in [-0.15, -0.1) is 0 Å².